The number of benzene rings is 1. The highest BCUT2D eigenvalue weighted by atomic mass is 19.1. The van der Waals surface area contributed by atoms with Crippen molar-refractivity contribution >= 4 is 11.6 Å². The number of anilines is 1. The summed E-state index contributed by atoms with van der Waals surface area (Å²) in [5.41, 5.74) is 6.59. The second-order valence-electron chi connectivity index (χ2n) is 4.95. The van der Waals surface area contributed by atoms with Gasteiger partial charge in [0.2, 0.25) is 0 Å². The minimum atomic E-state index is -0.450. The number of hydrogen-bond acceptors (Lipinski definition) is 3. The molecule has 0 aromatic heterocycles. The summed E-state index contributed by atoms with van der Waals surface area (Å²) in [6.45, 7) is 3.73. The maximum Gasteiger partial charge on any atom is 0.251 e. The average molecular weight is 266 g/mol. The molecule has 5 heteroatoms. The van der Waals surface area contributed by atoms with Crippen LogP contribution in [-0.4, -0.2) is 25.7 Å². The summed E-state index contributed by atoms with van der Waals surface area (Å²) in [4.78, 5) is 11.9. The van der Waals surface area contributed by atoms with Crippen molar-refractivity contribution in [3.05, 3.63) is 29.1 Å². The first kappa shape index (κ1) is 13.8. The first-order valence-corrected chi connectivity index (χ1v) is 6.49. The molecule has 1 saturated heterocycles. The van der Waals surface area contributed by atoms with Crippen molar-refractivity contribution in [1.82, 2.24) is 5.32 Å². The number of rotatable bonds is 4. The molecule has 1 amide bonds. The predicted octanol–water partition coefficient (Wildman–Crippen LogP) is 1.87. The number of carbonyl (C=O) groups excluding carboxylic acids is 1. The van der Waals surface area contributed by atoms with E-state index in [1.54, 1.807) is 6.92 Å². The lowest BCUT2D eigenvalue weighted by atomic mass is 10.1. The zero-order valence-corrected chi connectivity index (χ0v) is 11.0. The fourth-order valence-corrected chi connectivity index (χ4v) is 2.13. The van der Waals surface area contributed by atoms with Crippen molar-refractivity contribution in [3.8, 4) is 0 Å². The summed E-state index contributed by atoms with van der Waals surface area (Å²) < 4.78 is 18.8. The minimum Gasteiger partial charge on any atom is -0.398 e. The predicted molar refractivity (Wildman–Crippen MR) is 71.4 cm³/mol. The highest BCUT2D eigenvalue weighted by molar-refractivity contribution is 5.95. The van der Waals surface area contributed by atoms with E-state index in [1.807, 2.05) is 0 Å². The Morgan fingerprint density at radius 3 is 3.00 bits per heavy atom. The molecule has 2 rings (SSSR count). The molecule has 19 heavy (non-hydrogen) atoms. The van der Waals surface area contributed by atoms with Gasteiger partial charge in [0, 0.05) is 36.6 Å². The number of amides is 1. The highest BCUT2D eigenvalue weighted by Crippen LogP contribution is 2.18. The van der Waals surface area contributed by atoms with Gasteiger partial charge >= 0.3 is 0 Å². The Bertz CT molecular complexity index is 448. The SMILES string of the molecule is Cc1c(N)cc(C(=O)NCCC2CCOC2)cc1F. The molecule has 0 aliphatic carbocycles. The number of nitrogen functional groups attached to an aromatic ring is 1. The number of nitrogens with one attached hydrogen (secondary N) is 1. The fourth-order valence-electron chi connectivity index (χ4n) is 2.13. The van der Waals surface area contributed by atoms with Crippen LogP contribution in [0.3, 0.4) is 0 Å². The van der Waals surface area contributed by atoms with Crippen LogP contribution >= 0.6 is 0 Å². The second-order valence-corrected chi connectivity index (χ2v) is 4.95. The molecule has 1 aliphatic rings. The van der Waals surface area contributed by atoms with Gasteiger partial charge in [0.15, 0.2) is 0 Å². The van der Waals surface area contributed by atoms with E-state index in [4.69, 9.17) is 10.5 Å². The zero-order valence-electron chi connectivity index (χ0n) is 11.0. The minimum absolute atomic E-state index is 0.267. The van der Waals surface area contributed by atoms with E-state index in [9.17, 15) is 9.18 Å². The third kappa shape index (κ3) is 3.44. The molecule has 0 bridgehead atoms. The summed E-state index contributed by atoms with van der Waals surface area (Å²) in [6, 6.07) is 2.73. The molecule has 4 nitrogen and oxygen atoms in total. The molecule has 1 aromatic rings. The smallest absolute Gasteiger partial charge is 0.251 e. The molecule has 1 aromatic carbocycles. The maximum absolute atomic E-state index is 13.5. The van der Waals surface area contributed by atoms with Gasteiger partial charge in [-0.3, -0.25) is 4.79 Å². The van der Waals surface area contributed by atoms with Gasteiger partial charge in [-0.05, 0) is 37.8 Å². The van der Waals surface area contributed by atoms with E-state index in [2.05, 4.69) is 5.32 Å². The lowest BCUT2D eigenvalue weighted by molar-refractivity contribution is 0.0950. The molecule has 3 N–H and O–H groups in total. The Morgan fingerprint density at radius 1 is 1.58 bits per heavy atom. The molecule has 1 atom stereocenters. The van der Waals surface area contributed by atoms with Crippen LogP contribution in [0.25, 0.3) is 0 Å². The van der Waals surface area contributed by atoms with E-state index in [0.717, 1.165) is 26.1 Å². The summed E-state index contributed by atoms with van der Waals surface area (Å²) in [5, 5.41) is 2.78. The van der Waals surface area contributed by atoms with Crippen LogP contribution in [0.1, 0.15) is 28.8 Å². The van der Waals surface area contributed by atoms with Gasteiger partial charge in [0.05, 0.1) is 0 Å². The van der Waals surface area contributed by atoms with E-state index in [-0.39, 0.29) is 11.5 Å². The Balaban J connectivity index is 1.88. The maximum atomic E-state index is 13.5. The number of halogens is 1. The van der Waals surface area contributed by atoms with E-state index < -0.39 is 5.82 Å². The van der Waals surface area contributed by atoms with E-state index in [1.165, 1.54) is 12.1 Å². The van der Waals surface area contributed by atoms with Crippen LogP contribution in [0.15, 0.2) is 12.1 Å². The summed E-state index contributed by atoms with van der Waals surface area (Å²) in [6.07, 6.45) is 1.93. The van der Waals surface area contributed by atoms with E-state index in [0.29, 0.717) is 23.7 Å². The van der Waals surface area contributed by atoms with Gasteiger partial charge in [-0.2, -0.15) is 0 Å². The summed E-state index contributed by atoms with van der Waals surface area (Å²) >= 11 is 0. The third-order valence-electron chi connectivity index (χ3n) is 3.51. The molecule has 1 aliphatic heterocycles. The number of ether oxygens (including phenoxy) is 1. The lowest BCUT2D eigenvalue weighted by Gasteiger charge is -2.10. The Labute approximate surface area is 112 Å². The molecule has 0 radical (unpaired) electrons. The van der Waals surface area contributed by atoms with Crippen LogP contribution in [0.4, 0.5) is 10.1 Å². The van der Waals surface area contributed by atoms with Crippen LogP contribution in [0.5, 0.6) is 0 Å². The first-order chi connectivity index (χ1) is 9.08. The van der Waals surface area contributed by atoms with Crippen molar-refractivity contribution in [2.45, 2.75) is 19.8 Å². The van der Waals surface area contributed by atoms with Crippen molar-refractivity contribution in [2.24, 2.45) is 5.92 Å². The van der Waals surface area contributed by atoms with Gasteiger partial charge in [-0.25, -0.2) is 4.39 Å². The molecule has 104 valence electrons. The van der Waals surface area contributed by atoms with Gasteiger partial charge in [0.1, 0.15) is 5.82 Å². The first-order valence-electron chi connectivity index (χ1n) is 6.49. The molecular formula is C14H19FN2O2. The topological polar surface area (TPSA) is 64.4 Å². The summed E-state index contributed by atoms with van der Waals surface area (Å²) in [5.74, 6) is -0.223. The Morgan fingerprint density at radius 2 is 2.37 bits per heavy atom. The zero-order chi connectivity index (χ0) is 13.8. The molecule has 1 unspecified atom stereocenters. The van der Waals surface area contributed by atoms with Crippen molar-refractivity contribution in [2.75, 3.05) is 25.5 Å². The second kappa shape index (κ2) is 6.02. The lowest BCUT2D eigenvalue weighted by Crippen LogP contribution is -2.26. The van der Waals surface area contributed by atoms with Gasteiger partial charge in [-0.15, -0.1) is 0 Å². The molecule has 1 fully saturated rings. The normalized spacial score (nSPS) is 18.5. The molecule has 0 saturated carbocycles. The standard InChI is InChI=1S/C14H19FN2O2/c1-9-12(15)6-11(7-13(9)16)14(18)17-4-2-10-3-5-19-8-10/h6-7,10H,2-5,8,16H2,1H3,(H,17,18). The average Bonchev–Trinajstić information content (AvgIpc) is 2.88. The van der Waals surface area contributed by atoms with Crippen molar-refractivity contribution < 1.29 is 13.9 Å². The monoisotopic (exact) mass is 266 g/mol. The van der Waals surface area contributed by atoms with Crippen LogP contribution in [0.2, 0.25) is 0 Å². The van der Waals surface area contributed by atoms with E-state index >= 15 is 0 Å². The van der Waals surface area contributed by atoms with Gasteiger partial charge in [-0.1, -0.05) is 0 Å². The Hall–Kier alpha value is -1.62. The number of carbonyl (C=O) groups is 1. The largest absolute Gasteiger partial charge is 0.398 e. The van der Waals surface area contributed by atoms with Gasteiger partial charge < -0.3 is 15.8 Å². The fraction of sp³-hybridized carbons (Fsp3) is 0.500. The van der Waals surface area contributed by atoms with Gasteiger partial charge in [0.25, 0.3) is 5.91 Å². The molecule has 0 spiro atoms. The van der Waals surface area contributed by atoms with Crippen LogP contribution < -0.4 is 11.1 Å². The molecular weight excluding hydrogens is 247 g/mol. The number of hydrogen-bond donors (Lipinski definition) is 2. The van der Waals surface area contributed by atoms with Crippen molar-refractivity contribution in [1.29, 1.82) is 0 Å². The quantitative estimate of drug-likeness (QED) is 0.818. The van der Waals surface area contributed by atoms with Crippen LogP contribution in [0, 0.1) is 18.7 Å². The molecule has 1 heterocycles. The van der Waals surface area contributed by atoms with Crippen molar-refractivity contribution in [3.63, 3.8) is 0 Å². The third-order valence-corrected chi connectivity index (χ3v) is 3.51. The number of nitrogens with two attached hydrogens (primary N) is 1. The Kier molecular flexibility index (Phi) is 4.37. The summed E-state index contributed by atoms with van der Waals surface area (Å²) in [7, 11) is 0. The highest BCUT2D eigenvalue weighted by Gasteiger charge is 2.16. The van der Waals surface area contributed by atoms with Crippen LogP contribution in [-0.2, 0) is 4.74 Å².